The van der Waals surface area contributed by atoms with Crippen molar-refractivity contribution in [3.8, 4) is 0 Å². The monoisotopic (exact) mass is 293 g/mol. The van der Waals surface area contributed by atoms with Gasteiger partial charge in [0, 0.05) is 35.7 Å². The molecule has 0 amide bonds. The van der Waals surface area contributed by atoms with E-state index >= 15 is 0 Å². The third-order valence-electron chi connectivity index (χ3n) is 4.70. The van der Waals surface area contributed by atoms with Crippen molar-refractivity contribution in [1.29, 1.82) is 0 Å². The van der Waals surface area contributed by atoms with E-state index in [1.165, 1.54) is 17.0 Å². The number of aliphatic hydroxyl groups excluding tert-OH is 1. The summed E-state index contributed by atoms with van der Waals surface area (Å²) in [4.78, 5) is 6.99. The van der Waals surface area contributed by atoms with Gasteiger partial charge in [0.2, 0.25) is 0 Å². The summed E-state index contributed by atoms with van der Waals surface area (Å²) in [6.45, 7) is 7.47. The summed E-state index contributed by atoms with van der Waals surface area (Å²) in [5, 5.41) is 13.3. The maximum absolute atomic E-state index is 9.63. The number of imidazole rings is 1. The highest BCUT2D eigenvalue weighted by molar-refractivity contribution is 7.17. The number of aryl methyl sites for hydroxylation is 2. The number of fused-ring (bicyclic) bond motifs is 1. The molecule has 1 saturated carbocycles. The van der Waals surface area contributed by atoms with Gasteiger partial charge in [-0.2, -0.15) is 0 Å². The van der Waals surface area contributed by atoms with Crippen molar-refractivity contribution in [1.82, 2.24) is 14.7 Å². The molecule has 1 aliphatic carbocycles. The molecule has 20 heavy (non-hydrogen) atoms. The lowest BCUT2D eigenvalue weighted by atomic mass is 9.86. The molecule has 0 bridgehead atoms. The van der Waals surface area contributed by atoms with Gasteiger partial charge in [-0.1, -0.05) is 13.3 Å². The second-order valence-electron chi connectivity index (χ2n) is 6.28. The first-order valence-corrected chi connectivity index (χ1v) is 8.13. The van der Waals surface area contributed by atoms with Crippen LogP contribution in [0.3, 0.4) is 0 Å². The lowest BCUT2D eigenvalue weighted by molar-refractivity contribution is 0.118. The molecule has 2 aromatic heterocycles. The zero-order chi connectivity index (χ0) is 14.3. The second-order valence-corrected chi connectivity index (χ2v) is 7.49. The standard InChI is InChI=1S/C15H23N3OS/c1-10-8-18-12(11(2)17-14(18)20-10)7-16-13-5-4-6-15(13,3)9-19/h8,13,16,19H,4-7,9H2,1-3H3. The van der Waals surface area contributed by atoms with E-state index in [1.54, 1.807) is 11.3 Å². The molecule has 0 aromatic carbocycles. The molecule has 4 nitrogen and oxygen atoms in total. The van der Waals surface area contributed by atoms with Gasteiger partial charge in [-0.05, 0) is 26.7 Å². The van der Waals surface area contributed by atoms with Crippen molar-refractivity contribution in [2.75, 3.05) is 6.61 Å². The maximum Gasteiger partial charge on any atom is 0.194 e. The topological polar surface area (TPSA) is 49.6 Å². The van der Waals surface area contributed by atoms with Crippen LogP contribution in [-0.2, 0) is 6.54 Å². The average molecular weight is 293 g/mol. The molecule has 2 heterocycles. The van der Waals surface area contributed by atoms with E-state index in [0.29, 0.717) is 6.04 Å². The molecular formula is C15H23N3OS. The Morgan fingerprint density at radius 1 is 1.55 bits per heavy atom. The van der Waals surface area contributed by atoms with E-state index in [0.717, 1.165) is 30.0 Å². The van der Waals surface area contributed by atoms with Crippen LogP contribution in [0.1, 0.15) is 42.5 Å². The molecule has 0 aliphatic heterocycles. The van der Waals surface area contributed by atoms with Crippen molar-refractivity contribution >= 4 is 16.3 Å². The van der Waals surface area contributed by atoms with E-state index in [2.05, 4.69) is 41.7 Å². The Balaban J connectivity index is 1.78. The smallest absolute Gasteiger partial charge is 0.194 e. The Labute approximate surface area is 123 Å². The van der Waals surface area contributed by atoms with Crippen molar-refractivity contribution in [2.24, 2.45) is 5.41 Å². The van der Waals surface area contributed by atoms with Gasteiger partial charge in [0.1, 0.15) is 0 Å². The number of aliphatic hydroxyl groups is 1. The lowest BCUT2D eigenvalue weighted by Gasteiger charge is -2.30. The van der Waals surface area contributed by atoms with Gasteiger partial charge in [0.25, 0.3) is 0 Å². The summed E-state index contributed by atoms with van der Waals surface area (Å²) in [6.07, 6.45) is 5.63. The minimum atomic E-state index is 0.0300. The first-order chi connectivity index (χ1) is 9.53. The van der Waals surface area contributed by atoms with Crippen molar-refractivity contribution in [3.63, 3.8) is 0 Å². The fraction of sp³-hybridized carbons (Fsp3) is 0.667. The van der Waals surface area contributed by atoms with Crippen molar-refractivity contribution in [3.05, 3.63) is 22.5 Å². The molecule has 5 heteroatoms. The van der Waals surface area contributed by atoms with Gasteiger partial charge in [-0.15, -0.1) is 11.3 Å². The Bertz CT molecular complexity index is 618. The van der Waals surface area contributed by atoms with Crippen LogP contribution in [0.5, 0.6) is 0 Å². The van der Waals surface area contributed by atoms with Crippen LogP contribution in [0.15, 0.2) is 6.20 Å². The molecule has 2 N–H and O–H groups in total. The van der Waals surface area contributed by atoms with Gasteiger partial charge < -0.3 is 10.4 Å². The predicted molar refractivity (Wildman–Crippen MR) is 82.2 cm³/mol. The number of hydrogen-bond acceptors (Lipinski definition) is 4. The quantitative estimate of drug-likeness (QED) is 0.911. The number of thiazole rings is 1. The normalized spacial score (nSPS) is 26.7. The summed E-state index contributed by atoms with van der Waals surface area (Å²) in [6, 6.07) is 0.400. The number of rotatable bonds is 4. The average Bonchev–Trinajstić information content (AvgIpc) is 3.02. The minimum absolute atomic E-state index is 0.0300. The Morgan fingerprint density at radius 2 is 2.35 bits per heavy atom. The summed E-state index contributed by atoms with van der Waals surface area (Å²) < 4.78 is 2.20. The van der Waals surface area contributed by atoms with Crippen LogP contribution in [0.2, 0.25) is 0 Å². The van der Waals surface area contributed by atoms with Crippen LogP contribution in [-0.4, -0.2) is 27.1 Å². The van der Waals surface area contributed by atoms with Crippen molar-refractivity contribution < 1.29 is 5.11 Å². The summed E-state index contributed by atoms with van der Waals surface area (Å²) in [7, 11) is 0. The van der Waals surface area contributed by atoms with Crippen LogP contribution in [0, 0.1) is 19.3 Å². The minimum Gasteiger partial charge on any atom is -0.396 e. The second kappa shape index (κ2) is 5.13. The largest absolute Gasteiger partial charge is 0.396 e. The number of hydrogen-bond donors (Lipinski definition) is 2. The number of aromatic nitrogens is 2. The van der Waals surface area contributed by atoms with E-state index in [1.807, 2.05) is 0 Å². The third-order valence-corrected chi connectivity index (χ3v) is 5.60. The fourth-order valence-corrected chi connectivity index (χ4v) is 4.20. The van der Waals surface area contributed by atoms with Gasteiger partial charge in [-0.25, -0.2) is 4.98 Å². The molecule has 1 fully saturated rings. The number of nitrogens with one attached hydrogen (secondary N) is 1. The van der Waals surface area contributed by atoms with Gasteiger partial charge in [-0.3, -0.25) is 4.40 Å². The van der Waals surface area contributed by atoms with Crippen molar-refractivity contribution in [2.45, 2.75) is 52.6 Å². The Kier molecular flexibility index (Phi) is 3.60. The molecule has 0 spiro atoms. The molecular weight excluding hydrogens is 270 g/mol. The lowest BCUT2D eigenvalue weighted by Crippen LogP contribution is -2.41. The molecule has 3 rings (SSSR count). The van der Waals surface area contributed by atoms with Gasteiger partial charge >= 0.3 is 0 Å². The van der Waals surface area contributed by atoms with Crippen LogP contribution in [0.25, 0.3) is 4.96 Å². The zero-order valence-electron chi connectivity index (χ0n) is 12.4. The molecule has 2 aromatic rings. The highest BCUT2D eigenvalue weighted by Crippen LogP contribution is 2.37. The zero-order valence-corrected chi connectivity index (χ0v) is 13.3. The van der Waals surface area contributed by atoms with E-state index in [4.69, 9.17) is 0 Å². The maximum atomic E-state index is 9.63. The van der Waals surface area contributed by atoms with Crippen LogP contribution >= 0.6 is 11.3 Å². The number of nitrogens with zero attached hydrogens (tertiary/aromatic N) is 2. The Hall–Kier alpha value is -0.910. The summed E-state index contributed by atoms with van der Waals surface area (Å²) >= 11 is 1.73. The molecule has 0 radical (unpaired) electrons. The molecule has 110 valence electrons. The van der Waals surface area contributed by atoms with Crippen LogP contribution in [0.4, 0.5) is 0 Å². The van der Waals surface area contributed by atoms with Gasteiger partial charge in [0.15, 0.2) is 4.96 Å². The van der Waals surface area contributed by atoms with E-state index in [9.17, 15) is 5.11 Å². The highest BCUT2D eigenvalue weighted by Gasteiger charge is 2.37. The molecule has 2 unspecified atom stereocenters. The predicted octanol–water partition coefficient (Wildman–Crippen LogP) is 2.65. The van der Waals surface area contributed by atoms with Crippen LogP contribution < -0.4 is 5.32 Å². The SMILES string of the molecule is Cc1cn2c(CNC3CCCC3(C)CO)c(C)nc2s1. The van der Waals surface area contributed by atoms with E-state index < -0.39 is 0 Å². The van der Waals surface area contributed by atoms with E-state index in [-0.39, 0.29) is 12.0 Å². The first kappa shape index (κ1) is 14.0. The summed E-state index contributed by atoms with van der Waals surface area (Å²) in [5.74, 6) is 0. The van der Waals surface area contributed by atoms with Gasteiger partial charge in [0.05, 0.1) is 11.4 Å². The highest BCUT2D eigenvalue weighted by atomic mass is 32.1. The Morgan fingerprint density at radius 3 is 3.10 bits per heavy atom. The summed E-state index contributed by atoms with van der Waals surface area (Å²) in [5.41, 5.74) is 2.38. The fourth-order valence-electron chi connectivity index (χ4n) is 3.31. The molecule has 1 aliphatic rings. The molecule has 0 saturated heterocycles. The first-order valence-electron chi connectivity index (χ1n) is 7.32. The third kappa shape index (κ3) is 2.28. The molecule has 2 atom stereocenters.